The highest BCUT2D eigenvalue weighted by molar-refractivity contribution is 5.96. The summed E-state index contributed by atoms with van der Waals surface area (Å²) in [5.74, 6) is 0.768. The zero-order valence-corrected chi connectivity index (χ0v) is 21.3. The Hall–Kier alpha value is -3.75. The number of pyridine rings is 1. The lowest BCUT2D eigenvalue weighted by molar-refractivity contribution is 0.207. The maximum atomic E-state index is 4.67. The van der Waals surface area contributed by atoms with Crippen molar-refractivity contribution in [2.24, 2.45) is 4.99 Å². The fraction of sp³-hybridized carbons (Fsp3) is 0.321. The smallest absolute Gasteiger partial charge is 0.139 e. The van der Waals surface area contributed by atoms with E-state index in [0.717, 1.165) is 84.1 Å². The molecular formula is C28H34N8. The number of benzene rings is 1. The third kappa shape index (κ3) is 4.69. The lowest BCUT2D eigenvalue weighted by Crippen LogP contribution is -2.43. The van der Waals surface area contributed by atoms with Gasteiger partial charge in [0.25, 0.3) is 0 Å². The van der Waals surface area contributed by atoms with Crippen LogP contribution in [-0.2, 0) is 6.54 Å². The number of rotatable bonds is 8. The van der Waals surface area contributed by atoms with Crippen molar-refractivity contribution in [3.05, 3.63) is 59.9 Å². The van der Waals surface area contributed by atoms with Gasteiger partial charge in [0.1, 0.15) is 11.5 Å². The minimum atomic E-state index is 0.768. The monoisotopic (exact) mass is 482 g/mol. The number of aromatic nitrogens is 4. The first-order chi connectivity index (χ1) is 17.6. The molecule has 0 bridgehead atoms. The van der Waals surface area contributed by atoms with E-state index in [-0.39, 0.29) is 0 Å². The average molecular weight is 483 g/mol. The quantitative estimate of drug-likeness (QED) is 0.318. The van der Waals surface area contributed by atoms with Crippen LogP contribution in [0, 0.1) is 0 Å². The maximum Gasteiger partial charge on any atom is 0.139 e. The summed E-state index contributed by atoms with van der Waals surface area (Å²) in [4.78, 5) is 17.0. The molecule has 8 heteroatoms. The average Bonchev–Trinajstić information content (AvgIpc) is 3.53. The summed E-state index contributed by atoms with van der Waals surface area (Å²) in [5.41, 5.74) is 8.37. The molecule has 0 spiro atoms. The molecule has 1 fully saturated rings. The normalized spacial score (nSPS) is 15.1. The van der Waals surface area contributed by atoms with Crippen LogP contribution in [0.4, 0.5) is 5.82 Å². The van der Waals surface area contributed by atoms with E-state index < -0.39 is 0 Å². The molecule has 36 heavy (non-hydrogen) atoms. The predicted octanol–water partition coefficient (Wildman–Crippen LogP) is 4.67. The van der Waals surface area contributed by atoms with Crippen LogP contribution in [0.2, 0.25) is 0 Å². The predicted molar refractivity (Wildman–Crippen MR) is 148 cm³/mol. The van der Waals surface area contributed by atoms with Gasteiger partial charge >= 0.3 is 0 Å². The van der Waals surface area contributed by atoms with Crippen LogP contribution in [0.1, 0.15) is 25.0 Å². The molecule has 1 saturated heterocycles. The molecule has 0 saturated carbocycles. The molecule has 8 nitrogen and oxygen atoms in total. The van der Waals surface area contributed by atoms with Gasteiger partial charge in [0.2, 0.25) is 0 Å². The van der Waals surface area contributed by atoms with Crippen LogP contribution < -0.4 is 5.32 Å². The third-order valence-electron chi connectivity index (χ3n) is 6.87. The Morgan fingerprint density at radius 2 is 1.97 bits per heavy atom. The van der Waals surface area contributed by atoms with Gasteiger partial charge in [0.05, 0.1) is 11.2 Å². The second-order valence-corrected chi connectivity index (χ2v) is 9.26. The number of nitrogens with one attached hydrogen (secondary N) is 3. The van der Waals surface area contributed by atoms with Gasteiger partial charge < -0.3 is 20.1 Å². The Morgan fingerprint density at radius 3 is 2.72 bits per heavy atom. The summed E-state index contributed by atoms with van der Waals surface area (Å²) in [6.45, 7) is 13.8. The van der Waals surface area contributed by atoms with Gasteiger partial charge in [-0.15, -0.1) is 0 Å². The molecule has 186 valence electrons. The zero-order chi connectivity index (χ0) is 25.1. The molecule has 0 unspecified atom stereocenters. The highest BCUT2D eigenvalue weighted by Crippen LogP contribution is 2.36. The van der Waals surface area contributed by atoms with Crippen molar-refractivity contribution in [2.45, 2.75) is 20.4 Å². The summed E-state index contributed by atoms with van der Waals surface area (Å²) in [7, 11) is 2.17. The number of likely N-dealkylation sites (N-methyl/N-ethyl adjacent to an activating group) is 1. The number of piperazine rings is 1. The van der Waals surface area contributed by atoms with E-state index in [0.29, 0.717) is 0 Å². The molecule has 0 aliphatic carbocycles. The van der Waals surface area contributed by atoms with E-state index in [1.807, 2.05) is 12.4 Å². The summed E-state index contributed by atoms with van der Waals surface area (Å²) in [6.07, 6.45) is 6.00. The lowest BCUT2D eigenvalue weighted by atomic mass is 10.0. The topological polar surface area (TPSA) is 88.2 Å². The highest BCUT2D eigenvalue weighted by atomic mass is 15.3. The first-order valence-electron chi connectivity index (χ1n) is 12.5. The summed E-state index contributed by atoms with van der Waals surface area (Å²) in [5, 5.41) is 12.3. The second-order valence-electron chi connectivity index (χ2n) is 9.26. The van der Waals surface area contributed by atoms with E-state index in [9.17, 15) is 0 Å². The molecule has 0 amide bonds. The van der Waals surface area contributed by atoms with Crippen molar-refractivity contribution in [3.8, 4) is 22.5 Å². The molecule has 5 rings (SSSR count). The molecule has 1 aromatic carbocycles. The van der Waals surface area contributed by atoms with Crippen molar-refractivity contribution in [1.29, 1.82) is 0 Å². The summed E-state index contributed by atoms with van der Waals surface area (Å²) < 4.78 is 0. The van der Waals surface area contributed by atoms with Crippen LogP contribution in [-0.4, -0.2) is 76.5 Å². The van der Waals surface area contributed by atoms with Gasteiger partial charge in [0.15, 0.2) is 0 Å². The molecule has 1 aliphatic heterocycles. The zero-order valence-electron chi connectivity index (χ0n) is 21.3. The van der Waals surface area contributed by atoms with Crippen LogP contribution in [0.5, 0.6) is 0 Å². The van der Waals surface area contributed by atoms with Crippen molar-refractivity contribution in [3.63, 3.8) is 0 Å². The number of H-pyrrole nitrogens is 2. The highest BCUT2D eigenvalue weighted by Gasteiger charge is 2.22. The van der Waals surface area contributed by atoms with Gasteiger partial charge in [-0.05, 0) is 62.6 Å². The molecule has 3 N–H and O–H groups in total. The first-order valence-corrected chi connectivity index (χ1v) is 12.5. The number of hydrogen-bond donors (Lipinski definition) is 3. The second kappa shape index (κ2) is 10.5. The number of aliphatic imine (C=N–C) groups is 1. The first kappa shape index (κ1) is 24.0. The van der Waals surface area contributed by atoms with Crippen molar-refractivity contribution < 1.29 is 0 Å². The Balaban J connectivity index is 1.51. The lowest BCUT2D eigenvalue weighted by Gasteiger charge is -2.35. The van der Waals surface area contributed by atoms with Gasteiger partial charge in [-0.2, -0.15) is 5.10 Å². The van der Waals surface area contributed by atoms with E-state index in [4.69, 9.17) is 0 Å². The minimum absolute atomic E-state index is 0.768. The van der Waals surface area contributed by atoms with Crippen LogP contribution in [0.25, 0.3) is 39.1 Å². The SMILES string of the molecule is C=Nc1[nH]c(-c2n[nH]c3ccc(-c4cncc(CNCC)c4)cc23)cc1/C(=C\C)N1CCN(C)CC1. The Bertz CT molecular complexity index is 1390. The van der Waals surface area contributed by atoms with Crippen LogP contribution in [0.3, 0.4) is 0 Å². The molecule has 4 heterocycles. The maximum absolute atomic E-state index is 4.67. The molecule has 0 radical (unpaired) electrons. The van der Waals surface area contributed by atoms with Crippen LogP contribution >= 0.6 is 0 Å². The summed E-state index contributed by atoms with van der Waals surface area (Å²) in [6, 6.07) is 10.7. The Kier molecular flexibility index (Phi) is 6.97. The minimum Gasteiger partial charge on any atom is -0.369 e. The van der Waals surface area contributed by atoms with Gasteiger partial charge in [-0.3, -0.25) is 10.1 Å². The van der Waals surface area contributed by atoms with Crippen molar-refractivity contribution in [2.75, 3.05) is 39.8 Å². The van der Waals surface area contributed by atoms with E-state index >= 15 is 0 Å². The molecular weight excluding hydrogens is 448 g/mol. The largest absolute Gasteiger partial charge is 0.369 e. The number of allylic oxidation sites excluding steroid dienone is 1. The van der Waals surface area contributed by atoms with E-state index in [1.165, 1.54) is 11.3 Å². The number of hydrogen-bond acceptors (Lipinski definition) is 6. The number of nitrogens with zero attached hydrogens (tertiary/aromatic N) is 5. The van der Waals surface area contributed by atoms with Gasteiger partial charge in [-0.1, -0.05) is 19.1 Å². The fourth-order valence-electron chi connectivity index (χ4n) is 4.86. The molecule has 0 atom stereocenters. The molecule has 4 aromatic rings. The third-order valence-corrected chi connectivity index (χ3v) is 6.87. The fourth-order valence-corrected chi connectivity index (χ4v) is 4.86. The van der Waals surface area contributed by atoms with Crippen molar-refractivity contribution >= 4 is 29.1 Å². The number of fused-ring (bicyclic) bond motifs is 1. The summed E-state index contributed by atoms with van der Waals surface area (Å²) >= 11 is 0. The van der Waals surface area contributed by atoms with E-state index in [1.54, 1.807) is 0 Å². The van der Waals surface area contributed by atoms with E-state index in [2.05, 4.69) is 104 Å². The van der Waals surface area contributed by atoms with Gasteiger partial charge in [-0.25, -0.2) is 4.99 Å². The molecule has 1 aliphatic rings. The number of aromatic amines is 2. The van der Waals surface area contributed by atoms with Gasteiger partial charge in [0, 0.05) is 67.3 Å². The Morgan fingerprint density at radius 1 is 1.14 bits per heavy atom. The standard InChI is InChI=1S/C28H34N8/c1-5-26(36-11-9-35(4)10-12-36)23-15-25(32-28(23)29-3)27-22-14-20(7-8-24(22)33-34-27)21-13-19(16-30-6-2)17-31-18-21/h5,7-8,13-15,17-18,30,32H,3,6,9-12,16H2,1-2,4H3,(H,33,34)/b26-5+. The van der Waals surface area contributed by atoms with Crippen molar-refractivity contribution in [1.82, 2.24) is 35.3 Å². The molecule has 3 aromatic heterocycles. The van der Waals surface area contributed by atoms with Crippen LogP contribution in [0.15, 0.2) is 53.8 Å². The Labute approximate surface area is 212 Å².